The molecule has 0 fully saturated rings. The lowest BCUT2D eigenvalue weighted by molar-refractivity contribution is 0.0669. The van der Waals surface area contributed by atoms with Gasteiger partial charge < -0.3 is 14.6 Å². The van der Waals surface area contributed by atoms with Gasteiger partial charge in [-0.25, -0.2) is 0 Å². The predicted molar refractivity (Wildman–Crippen MR) is 75.0 cm³/mol. The first-order valence-corrected chi connectivity index (χ1v) is 7.13. The Labute approximate surface area is 116 Å². The summed E-state index contributed by atoms with van der Waals surface area (Å²) in [6.07, 6.45) is 0.0384. The van der Waals surface area contributed by atoms with Gasteiger partial charge in [0.05, 0.1) is 13.2 Å². The minimum absolute atomic E-state index is 0.0744. The zero-order valence-corrected chi connectivity index (χ0v) is 11.7. The molecule has 0 aliphatic carbocycles. The highest BCUT2D eigenvalue weighted by molar-refractivity contribution is 7.10. The third kappa shape index (κ3) is 2.22. The highest BCUT2D eigenvalue weighted by Crippen LogP contribution is 2.43. The van der Waals surface area contributed by atoms with E-state index in [1.54, 1.807) is 18.4 Å². The highest BCUT2D eigenvalue weighted by Gasteiger charge is 2.29. The molecule has 3 rings (SSSR count). The summed E-state index contributed by atoms with van der Waals surface area (Å²) in [6.45, 7) is 2.07. The molecular formula is C15H16O3S. The van der Waals surface area contributed by atoms with Crippen LogP contribution in [0.25, 0.3) is 0 Å². The average Bonchev–Trinajstić information content (AvgIpc) is 2.84. The van der Waals surface area contributed by atoms with E-state index in [-0.39, 0.29) is 6.10 Å². The van der Waals surface area contributed by atoms with Crippen LogP contribution in [-0.2, 0) is 0 Å². The van der Waals surface area contributed by atoms with Crippen molar-refractivity contribution in [1.82, 2.24) is 0 Å². The molecule has 4 heteroatoms. The maximum Gasteiger partial charge on any atom is 0.136 e. The number of thiophene rings is 1. The van der Waals surface area contributed by atoms with Crippen molar-refractivity contribution in [3.63, 3.8) is 0 Å². The first kappa shape index (κ1) is 12.5. The third-order valence-electron chi connectivity index (χ3n) is 3.48. The maximum atomic E-state index is 10.3. The number of aliphatic hydroxyl groups is 1. The summed E-state index contributed by atoms with van der Waals surface area (Å²) in [6, 6.07) is 7.64. The molecule has 1 aliphatic rings. The van der Waals surface area contributed by atoms with E-state index >= 15 is 0 Å². The smallest absolute Gasteiger partial charge is 0.136 e. The third-order valence-corrected chi connectivity index (χ3v) is 4.59. The molecule has 0 amide bonds. The lowest BCUT2D eigenvalue weighted by atomic mass is 9.97. The first-order chi connectivity index (χ1) is 9.19. The van der Waals surface area contributed by atoms with Gasteiger partial charge in [0.25, 0.3) is 0 Å². The SMILES string of the molecule is COc1ccc2c(c1)OC(c1sccc1C)CC2O. The van der Waals surface area contributed by atoms with Crippen LogP contribution in [0.4, 0.5) is 0 Å². The summed E-state index contributed by atoms with van der Waals surface area (Å²) in [4.78, 5) is 1.19. The molecule has 1 aromatic carbocycles. The van der Waals surface area contributed by atoms with Crippen LogP contribution in [0.3, 0.4) is 0 Å². The molecule has 0 saturated heterocycles. The number of methoxy groups -OCH3 is 1. The fourth-order valence-corrected chi connectivity index (χ4v) is 3.39. The van der Waals surface area contributed by atoms with Gasteiger partial charge in [-0.2, -0.15) is 0 Å². The van der Waals surface area contributed by atoms with E-state index in [1.807, 2.05) is 18.2 Å². The first-order valence-electron chi connectivity index (χ1n) is 6.25. The van der Waals surface area contributed by atoms with Crippen molar-refractivity contribution in [3.8, 4) is 11.5 Å². The van der Waals surface area contributed by atoms with Crippen molar-refractivity contribution in [2.45, 2.75) is 25.6 Å². The topological polar surface area (TPSA) is 38.7 Å². The van der Waals surface area contributed by atoms with Gasteiger partial charge in [0.2, 0.25) is 0 Å². The Morgan fingerprint density at radius 2 is 2.21 bits per heavy atom. The van der Waals surface area contributed by atoms with Gasteiger partial charge in [0.1, 0.15) is 17.6 Å². The van der Waals surface area contributed by atoms with E-state index in [0.29, 0.717) is 6.42 Å². The van der Waals surface area contributed by atoms with Gasteiger partial charge in [-0.1, -0.05) is 0 Å². The second-order valence-corrected chi connectivity index (χ2v) is 5.68. The van der Waals surface area contributed by atoms with Crippen molar-refractivity contribution in [3.05, 3.63) is 45.6 Å². The highest BCUT2D eigenvalue weighted by atomic mass is 32.1. The second kappa shape index (κ2) is 4.87. The van der Waals surface area contributed by atoms with E-state index in [9.17, 15) is 5.11 Å². The molecule has 1 aromatic heterocycles. The lowest BCUT2D eigenvalue weighted by Gasteiger charge is -2.29. The number of rotatable bonds is 2. The van der Waals surface area contributed by atoms with Crippen LogP contribution in [0, 0.1) is 6.92 Å². The largest absolute Gasteiger partial charge is 0.497 e. The molecule has 2 aromatic rings. The molecule has 0 saturated carbocycles. The molecule has 1 aliphatic heterocycles. The van der Waals surface area contributed by atoms with Crippen molar-refractivity contribution in [2.75, 3.05) is 7.11 Å². The number of hydrogen-bond donors (Lipinski definition) is 1. The van der Waals surface area contributed by atoms with Gasteiger partial charge in [0, 0.05) is 22.9 Å². The van der Waals surface area contributed by atoms with Crippen LogP contribution in [0.2, 0.25) is 0 Å². The molecule has 2 unspecified atom stereocenters. The second-order valence-electron chi connectivity index (χ2n) is 4.73. The van der Waals surface area contributed by atoms with Crippen LogP contribution in [-0.4, -0.2) is 12.2 Å². The van der Waals surface area contributed by atoms with E-state index in [2.05, 4.69) is 18.4 Å². The Morgan fingerprint density at radius 1 is 1.37 bits per heavy atom. The van der Waals surface area contributed by atoms with Gasteiger partial charge >= 0.3 is 0 Å². The van der Waals surface area contributed by atoms with Crippen molar-refractivity contribution in [1.29, 1.82) is 0 Å². The molecule has 1 N–H and O–H groups in total. The summed E-state index contributed by atoms with van der Waals surface area (Å²) >= 11 is 1.68. The van der Waals surface area contributed by atoms with E-state index < -0.39 is 6.10 Å². The molecule has 0 bridgehead atoms. The van der Waals surface area contributed by atoms with Crippen molar-refractivity contribution >= 4 is 11.3 Å². The number of benzene rings is 1. The normalized spacial score (nSPS) is 21.6. The van der Waals surface area contributed by atoms with E-state index in [1.165, 1.54) is 10.4 Å². The minimum atomic E-state index is -0.485. The van der Waals surface area contributed by atoms with Crippen molar-refractivity contribution < 1.29 is 14.6 Å². The quantitative estimate of drug-likeness (QED) is 0.910. The fraction of sp³-hybridized carbons (Fsp3) is 0.333. The molecule has 100 valence electrons. The summed E-state index contributed by atoms with van der Waals surface area (Å²) in [5.74, 6) is 1.46. The number of ether oxygens (including phenoxy) is 2. The average molecular weight is 276 g/mol. The number of hydrogen-bond acceptors (Lipinski definition) is 4. The Hall–Kier alpha value is -1.52. The summed E-state index contributed by atoms with van der Waals surface area (Å²) in [5, 5.41) is 12.3. The summed E-state index contributed by atoms with van der Waals surface area (Å²) in [7, 11) is 1.63. The number of aryl methyl sites for hydroxylation is 1. The van der Waals surface area contributed by atoms with Gasteiger partial charge in [-0.15, -0.1) is 11.3 Å². The van der Waals surface area contributed by atoms with Crippen LogP contribution >= 0.6 is 11.3 Å². The Balaban J connectivity index is 1.96. The molecule has 0 radical (unpaired) electrons. The Bertz CT molecular complexity index is 591. The molecule has 3 nitrogen and oxygen atoms in total. The molecule has 2 heterocycles. The van der Waals surface area contributed by atoms with Crippen LogP contribution in [0.15, 0.2) is 29.6 Å². The molecule has 0 spiro atoms. The summed E-state index contributed by atoms with van der Waals surface area (Å²) < 4.78 is 11.2. The minimum Gasteiger partial charge on any atom is -0.497 e. The fourth-order valence-electron chi connectivity index (χ4n) is 2.42. The van der Waals surface area contributed by atoms with Crippen LogP contribution < -0.4 is 9.47 Å². The zero-order chi connectivity index (χ0) is 13.4. The van der Waals surface area contributed by atoms with Gasteiger partial charge in [-0.3, -0.25) is 0 Å². The Morgan fingerprint density at radius 3 is 2.89 bits per heavy atom. The van der Waals surface area contributed by atoms with Gasteiger partial charge in [-0.05, 0) is 36.1 Å². The van der Waals surface area contributed by atoms with E-state index in [0.717, 1.165) is 17.1 Å². The van der Waals surface area contributed by atoms with E-state index in [4.69, 9.17) is 9.47 Å². The van der Waals surface area contributed by atoms with Crippen molar-refractivity contribution in [2.24, 2.45) is 0 Å². The lowest BCUT2D eigenvalue weighted by Crippen LogP contribution is -2.18. The van der Waals surface area contributed by atoms with Gasteiger partial charge in [0.15, 0.2) is 0 Å². The maximum absolute atomic E-state index is 10.3. The number of fused-ring (bicyclic) bond motifs is 1. The summed E-state index contributed by atoms with van der Waals surface area (Å²) in [5.41, 5.74) is 2.06. The van der Waals surface area contributed by atoms with Crippen LogP contribution in [0.1, 0.15) is 34.6 Å². The number of aliphatic hydroxyl groups excluding tert-OH is 1. The Kier molecular flexibility index (Phi) is 3.21. The zero-order valence-electron chi connectivity index (χ0n) is 10.9. The predicted octanol–water partition coefficient (Wildman–Crippen LogP) is 3.62. The molecule has 19 heavy (non-hydrogen) atoms. The monoisotopic (exact) mass is 276 g/mol. The molecule has 2 atom stereocenters. The standard InChI is InChI=1S/C15H16O3S/c1-9-5-6-19-15(9)14-8-12(16)11-4-3-10(17-2)7-13(11)18-14/h3-7,12,14,16H,8H2,1-2H3. The molecular weight excluding hydrogens is 260 g/mol. The van der Waals surface area contributed by atoms with Crippen LogP contribution in [0.5, 0.6) is 11.5 Å².